The third-order valence-electron chi connectivity index (χ3n) is 2.93. The van der Waals surface area contributed by atoms with Gasteiger partial charge in [-0.1, -0.05) is 13.0 Å². The van der Waals surface area contributed by atoms with Crippen LogP contribution in [0.1, 0.15) is 24.8 Å². The van der Waals surface area contributed by atoms with E-state index in [1.807, 2.05) is 36.7 Å². The molecule has 0 fully saturated rings. The minimum Gasteiger partial charge on any atom is -0.481 e. The highest BCUT2D eigenvalue weighted by atomic mass is 32.1. The van der Waals surface area contributed by atoms with Crippen molar-refractivity contribution in [1.82, 2.24) is 4.57 Å². The van der Waals surface area contributed by atoms with E-state index in [1.165, 1.54) is 11.3 Å². The lowest BCUT2D eigenvalue weighted by Gasteiger charge is -2.09. The molecule has 2 aromatic rings. The van der Waals surface area contributed by atoms with E-state index in [-0.39, 0.29) is 0 Å². The average Bonchev–Trinajstić information content (AvgIpc) is 2.55. The molecule has 0 spiro atoms. The number of benzene rings is 1. The fourth-order valence-corrected chi connectivity index (χ4v) is 3.22. The molecule has 1 aromatic carbocycles. The van der Waals surface area contributed by atoms with E-state index in [4.69, 9.17) is 17.3 Å². The number of aryl methyl sites for hydroxylation is 1. The van der Waals surface area contributed by atoms with Crippen molar-refractivity contribution >= 4 is 39.7 Å². The standard InChI is InChI=1S/C12H13NO2S2/c1-3-8(11(14)15)7-4-5-9-10(6-7)17-12(16)13(9)2/h4-6,8H,3H2,1-2H3,(H,14,15). The van der Waals surface area contributed by atoms with Crippen LogP contribution in [-0.2, 0) is 11.8 Å². The Hall–Kier alpha value is -1.20. The molecule has 5 heteroatoms. The first-order valence-electron chi connectivity index (χ1n) is 5.37. The number of thiazole rings is 1. The Labute approximate surface area is 108 Å². The van der Waals surface area contributed by atoms with Gasteiger partial charge in [0.25, 0.3) is 0 Å². The quantitative estimate of drug-likeness (QED) is 0.865. The Kier molecular flexibility index (Phi) is 3.31. The van der Waals surface area contributed by atoms with Gasteiger partial charge in [-0.2, -0.15) is 0 Å². The van der Waals surface area contributed by atoms with Gasteiger partial charge in [0.2, 0.25) is 0 Å². The van der Waals surface area contributed by atoms with Gasteiger partial charge in [-0.05, 0) is 36.3 Å². The largest absolute Gasteiger partial charge is 0.481 e. The Balaban J connectivity index is 2.58. The van der Waals surface area contributed by atoms with Gasteiger partial charge in [-0.15, -0.1) is 11.3 Å². The van der Waals surface area contributed by atoms with Gasteiger partial charge >= 0.3 is 5.97 Å². The van der Waals surface area contributed by atoms with Crippen LogP contribution in [0.5, 0.6) is 0 Å². The van der Waals surface area contributed by atoms with E-state index in [9.17, 15) is 4.79 Å². The van der Waals surface area contributed by atoms with Crippen molar-refractivity contribution in [2.45, 2.75) is 19.3 Å². The molecule has 0 aliphatic carbocycles. The number of carbonyl (C=O) groups is 1. The van der Waals surface area contributed by atoms with Crippen LogP contribution in [0.3, 0.4) is 0 Å². The lowest BCUT2D eigenvalue weighted by Crippen LogP contribution is -2.10. The molecule has 1 atom stereocenters. The summed E-state index contributed by atoms with van der Waals surface area (Å²) in [4.78, 5) is 11.1. The van der Waals surface area contributed by atoms with Crippen LogP contribution < -0.4 is 0 Å². The number of aromatic nitrogens is 1. The maximum atomic E-state index is 11.1. The Morgan fingerprint density at radius 2 is 2.29 bits per heavy atom. The van der Waals surface area contributed by atoms with E-state index >= 15 is 0 Å². The normalized spacial score (nSPS) is 12.8. The monoisotopic (exact) mass is 267 g/mol. The fourth-order valence-electron chi connectivity index (χ4n) is 1.92. The van der Waals surface area contributed by atoms with E-state index in [0.29, 0.717) is 6.42 Å². The van der Waals surface area contributed by atoms with Crippen molar-refractivity contribution in [2.24, 2.45) is 7.05 Å². The van der Waals surface area contributed by atoms with Gasteiger partial charge in [-0.3, -0.25) is 4.79 Å². The van der Waals surface area contributed by atoms with Crippen LogP contribution in [0.15, 0.2) is 18.2 Å². The number of hydrogen-bond acceptors (Lipinski definition) is 3. The number of hydrogen-bond donors (Lipinski definition) is 1. The van der Waals surface area contributed by atoms with E-state index < -0.39 is 11.9 Å². The first-order chi connectivity index (χ1) is 8.04. The Morgan fingerprint density at radius 3 is 2.88 bits per heavy atom. The zero-order chi connectivity index (χ0) is 12.6. The molecule has 0 radical (unpaired) electrons. The molecule has 17 heavy (non-hydrogen) atoms. The molecule has 0 amide bonds. The summed E-state index contributed by atoms with van der Waals surface area (Å²) in [5, 5.41) is 9.14. The molecular formula is C12H13NO2S2. The van der Waals surface area contributed by atoms with Gasteiger partial charge in [0.1, 0.15) is 0 Å². The topological polar surface area (TPSA) is 42.2 Å². The maximum Gasteiger partial charge on any atom is 0.310 e. The summed E-state index contributed by atoms with van der Waals surface area (Å²) >= 11 is 6.73. The Morgan fingerprint density at radius 1 is 1.59 bits per heavy atom. The van der Waals surface area contributed by atoms with Crippen molar-refractivity contribution in [1.29, 1.82) is 0 Å². The summed E-state index contributed by atoms with van der Waals surface area (Å²) in [6.45, 7) is 1.88. The molecule has 1 aromatic heterocycles. The van der Waals surface area contributed by atoms with Gasteiger partial charge in [0.05, 0.1) is 16.1 Å². The molecule has 1 heterocycles. The summed E-state index contributed by atoms with van der Waals surface area (Å²) in [6.07, 6.45) is 0.596. The minimum atomic E-state index is -0.772. The smallest absolute Gasteiger partial charge is 0.310 e. The van der Waals surface area contributed by atoms with Gasteiger partial charge in [0.15, 0.2) is 3.95 Å². The number of carboxylic acid groups (broad SMARTS) is 1. The van der Waals surface area contributed by atoms with Crippen LogP contribution in [0.25, 0.3) is 10.2 Å². The van der Waals surface area contributed by atoms with Crippen LogP contribution in [0.2, 0.25) is 0 Å². The lowest BCUT2D eigenvalue weighted by atomic mass is 9.97. The maximum absolute atomic E-state index is 11.1. The molecule has 0 aliphatic rings. The molecule has 1 N–H and O–H groups in total. The summed E-state index contributed by atoms with van der Waals surface area (Å²) in [5.41, 5.74) is 1.91. The summed E-state index contributed by atoms with van der Waals surface area (Å²) < 4.78 is 3.80. The van der Waals surface area contributed by atoms with Crippen LogP contribution in [-0.4, -0.2) is 15.6 Å². The summed E-state index contributed by atoms with van der Waals surface area (Å²) in [7, 11) is 1.93. The number of aliphatic carboxylic acids is 1. The van der Waals surface area contributed by atoms with Crippen molar-refractivity contribution in [3.63, 3.8) is 0 Å². The van der Waals surface area contributed by atoms with Crippen LogP contribution >= 0.6 is 23.6 Å². The second-order valence-corrected chi connectivity index (χ2v) is 5.63. The zero-order valence-corrected chi connectivity index (χ0v) is 11.3. The first kappa shape index (κ1) is 12.3. The van der Waals surface area contributed by atoms with Crippen LogP contribution in [0, 0.1) is 3.95 Å². The molecule has 0 aliphatic heterocycles. The average molecular weight is 267 g/mol. The highest BCUT2D eigenvalue weighted by molar-refractivity contribution is 7.73. The molecule has 0 saturated carbocycles. The highest BCUT2D eigenvalue weighted by Gasteiger charge is 2.18. The summed E-state index contributed by atoms with van der Waals surface area (Å²) in [5.74, 6) is -1.20. The molecule has 1 unspecified atom stereocenters. The molecular weight excluding hydrogens is 254 g/mol. The number of carboxylic acids is 1. The molecule has 0 saturated heterocycles. The van der Waals surface area contributed by atoms with E-state index in [1.54, 1.807) is 0 Å². The number of rotatable bonds is 3. The van der Waals surface area contributed by atoms with Gasteiger partial charge < -0.3 is 9.67 Å². The van der Waals surface area contributed by atoms with Gasteiger partial charge in [0, 0.05) is 7.05 Å². The first-order valence-corrected chi connectivity index (χ1v) is 6.59. The third kappa shape index (κ3) is 2.12. The predicted molar refractivity (Wildman–Crippen MR) is 72.3 cm³/mol. The predicted octanol–water partition coefficient (Wildman–Crippen LogP) is 3.55. The highest BCUT2D eigenvalue weighted by Crippen LogP contribution is 2.28. The molecule has 0 bridgehead atoms. The van der Waals surface area contributed by atoms with Crippen LogP contribution in [0.4, 0.5) is 0 Å². The SMILES string of the molecule is CCC(C(=O)O)c1ccc2c(c1)sc(=S)n2C. The van der Waals surface area contributed by atoms with Crippen molar-refractivity contribution in [2.75, 3.05) is 0 Å². The zero-order valence-electron chi connectivity index (χ0n) is 9.64. The fraction of sp³-hybridized carbons (Fsp3) is 0.333. The van der Waals surface area contributed by atoms with Gasteiger partial charge in [-0.25, -0.2) is 0 Å². The summed E-state index contributed by atoms with van der Waals surface area (Å²) in [6, 6.07) is 5.77. The molecule has 90 valence electrons. The second kappa shape index (κ2) is 4.58. The number of nitrogens with zero attached hydrogens (tertiary/aromatic N) is 1. The number of fused-ring (bicyclic) bond motifs is 1. The lowest BCUT2D eigenvalue weighted by molar-refractivity contribution is -0.138. The van der Waals surface area contributed by atoms with E-state index in [0.717, 1.165) is 19.7 Å². The van der Waals surface area contributed by atoms with Crippen molar-refractivity contribution in [3.8, 4) is 0 Å². The van der Waals surface area contributed by atoms with Crippen molar-refractivity contribution < 1.29 is 9.90 Å². The van der Waals surface area contributed by atoms with Crippen molar-refractivity contribution in [3.05, 3.63) is 27.7 Å². The van der Waals surface area contributed by atoms with E-state index in [2.05, 4.69) is 0 Å². The third-order valence-corrected chi connectivity index (χ3v) is 4.44. The second-order valence-electron chi connectivity index (χ2n) is 3.95. The Bertz CT molecular complexity index is 627. The minimum absolute atomic E-state index is 0.430. The molecule has 3 nitrogen and oxygen atoms in total. The molecule has 2 rings (SSSR count).